The molecule has 0 N–H and O–H groups in total. The van der Waals surface area contributed by atoms with E-state index in [9.17, 15) is 0 Å². The SMILES string of the molecule is c1ccc(OCCOc2ccc(CCn3cnc4ccccc43)cc2)cc1. The van der Waals surface area contributed by atoms with Gasteiger partial charge in [0.25, 0.3) is 0 Å². The monoisotopic (exact) mass is 358 g/mol. The maximum Gasteiger partial charge on any atom is 0.122 e. The van der Waals surface area contributed by atoms with Crippen LogP contribution in [-0.4, -0.2) is 22.8 Å². The van der Waals surface area contributed by atoms with Gasteiger partial charge in [0, 0.05) is 6.54 Å². The highest BCUT2D eigenvalue weighted by Gasteiger charge is 2.02. The van der Waals surface area contributed by atoms with Gasteiger partial charge in [-0.1, -0.05) is 42.5 Å². The molecule has 136 valence electrons. The number of para-hydroxylation sites is 3. The second-order valence-corrected chi connectivity index (χ2v) is 6.33. The predicted octanol–water partition coefficient (Wildman–Crippen LogP) is 4.74. The molecule has 0 unspecified atom stereocenters. The van der Waals surface area contributed by atoms with Gasteiger partial charge in [-0.05, 0) is 48.4 Å². The van der Waals surface area contributed by atoms with E-state index in [2.05, 4.69) is 27.8 Å². The van der Waals surface area contributed by atoms with E-state index in [1.165, 1.54) is 11.1 Å². The first kappa shape index (κ1) is 17.2. The van der Waals surface area contributed by atoms with Crippen LogP contribution in [0.1, 0.15) is 5.56 Å². The van der Waals surface area contributed by atoms with Crippen molar-refractivity contribution in [3.63, 3.8) is 0 Å². The molecule has 27 heavy (non-hydrogen) atoms. The Balaban J connectivity index is 1.25. The molecule has 1 aromatic heterocycles. The molecule has 0 aliphatic rings. The predicted molar refractivity (Wildman–Crippen MR) is 107 cm³/mol. The fourth-order valence-electron chi connectivity index (χ4n) is 3.03. The van der Waals surface area contributed by atoms with Gasteiger partial charge in [0.2, 0.25) is 0 Å². The summed E-state index contributed by atoms with van der Waals surface area (Å²) in [6, 6.07) is 26.3. The van der Waals surface area contributed by atoms with Crippen LogP contribution in [0.4, 0.5) is 0 Å². The van der Waals surface area contributed by atoms with Crippen molar-refractivity contribution in [1.82, 2.24) is 9.55 Å². The van der Waals surface area contributed by atoms with E-state index in [1.807, 2.05) is 67.0 Å². The van der Waals surface area contributed by atoms with Crippen LogP contribution in [0.2, 0.25) is 0 Å². The zero-order valence-electron chi connectivity index (χ0n) is 15.1. The Kier molecular flexibility index (Phi) is 5.34. The number of ether oxygens (including phenoxy) is 2. The van der Waals surface area contributed by atoms with Gasteiger partial charge < -0.3 is 14.0 Å². The topological polar surface area (TPSA) is 36.3 Å². The third kappa shape index (κ3) is 4.47. The summed E-state index contributed by atoms with van der Waals surface area (Å²) in [6.45, 7) is 1.96. The molecular formula is C23H22N2O2. The van der Waals surface area contributed by atoms with E-state index in [1.54, 1.807) is 0 Å². The molecule has 0 aliphatic carbocycles. The quantitative estimate of drug-likeness (QED) is 0.427. The average molecular weight is 358 g/mol. The molecule has 0 spiro atoms. The Morgan fingerprint density at radius 3 is 2.15 bits per heavy atom. The minimum atomic E-state index is 0.523. The van der Waals surface area contributed by atoms with Gasteiger partial charge in [-0.25, -0.2) is 4.98 Å². The highest BCUT2D eigenvalue weighted by Crippen LogP contribution is 2.16. The molecule has 0 fully saturated rings. The molecular weight excluding hydrogens is 336 g/mol. The van der Waals surface area contributed by atoms with E-state index in [0.29, 0.717) is 13.2 Å². The fraction of sp³-hybridized carbons (Fsp3) is 0.174. The van der Waals surface area contributed by atoms with Crippen LogP contribution in [0.25, 0.3) is 11.0 Å². The summed E-state index contributed by atoms with van der Waals surface area (Å²) in [5.41, 5.74) is 3.50. The van der Waals surface area contributed by atoms with Crippen molar-refractivity contribution in [3.05, 3.63) is 90.8 Å². The summed E-state index contributed by atoms with van der Waals surface area (Å²) >= 11 is 0. The molecule has 4 nitrogen and oxygen atoms in total. The highest BCUT2D eigenvalue weighted by atomic mass is 16.5. The Labute approximate surface area is 159 Å². The third-order valence-electron chi connectivity index (χ3n) is 4.46. The normalized spacial score (nSPS) is 10.8. The molecule has 0 bridgehead atoms. The van der Waals surface area contributed by atoms with Crippen LogP contribution >= 0.6 is 0 Å². The fourth-order valence-corrected chi connectivity index (χ4v) is 3.03. The maximum absolute atomic E-state index is 5.75. The molecule has 0 amide bonds. The average Bonchev–Trinajstić information content (AvgIpc) is 3.14. The summed E-state index contributed by atoms with van der Waals surface area (Å²) in [5, 5.41) is 0. The first-order valence-electron chi connectivity index (χ1n) is 9.18. The number of imidazole rings is 1. The molecule has 3 aromatic carbocycles. The minimum Gasteiger partial charge on any atom is -0.490 e. The lowest BCUT2D eigenvalue weighted by Crippen LogP contribution is -2.08. The molecule has 4 aromatic rings. The van der Waals surface area contributed by atoms with Gasteiger partial charge >= 0.3 is 0 Å². The van der Waals surface area contributed by atoms with Crippen LogP contribution in [0.3, 0.4) is 0 Å². The van der Waals surface area contributed by atoms with Crippen molar-refractivity contribution < 1.29 is 9.47 Å². The van der Waals surface area contributed by atoms with Crippen LogP contribution in [0.15, 0.2) is 85.2 Å². The lowest BCUT2D eigenvalue weighted by Gasteiger charge is -2.09. The van der Waals surface area contributed by atoms with E-state index in [4.69, 9.17) is 9.47 Å². The second-order valence-electron chi connectivity index (χ2n) is 6.33. The molecule has 0 radical (unpaired) electrons. The first-order valence-corrected chi connectivity index (χ1v) is 9.18. The Bertz CT molecular complexity index is 978. The molecule has 4 rings (SSSR count). The molecule has 4 heteroatoms. The summed E-state index contributed by atoms with van der Waals surface area (Å²) in [7, 11) is 0. The van der Waals surface area contributed by atoms with E-state index in [0.717, 1.165) is 30.0 Å². The number of aryl methyl sites for hydroxylation is 2. The van der Waals surface area contributed by atoms with E-state index >= 15 is 0 Å². The summed E-state index contributed by atoms with van der Waals surface area (Å²) < 4.78 is 13.6. The van der Waals surface area contributed by atoms with Crippen LogP contribution in [0.5, 0.6) is 11.5 Å². The van der Waals surface area contributed by atoms with E-state index in [-0.39, 0.29) is 0 Å². The van der Waals surface area contributed by atoms with Gasteiger partial charge in [-0.3, -0.25) is 0 Å². The number of hydrogen-bond donors (Lipinski definition) is 0. The number of fused-ring (bicyclic) bond motifs is 1. The summed E-state index contributed by atoms with van der Waals surface area (Å²) in [5.74, 6) is 1.73. The van der Waals surface area contributed by atoms with E-state index < -0.39 is 0 Å². The van der Waals surface area contributed by atoms with Crippen molar-refractivity contribution in [3.8, 4) is 11.5 Å². The first-order chi connectivity index (χ1) is 13.4. The summed E-state index contributed by atoms with van der Waals surface area (Å²) in [4.78, 5) is 4.44. The van der Waals surface area contributed by atoms with Crippen molar-refractivity contribution in [2.45, 2.75) is 13.0 Å². The van der Waals surface area contributed by atoms with Crippen molar-refractivity contribution in [2.75, 3.05) is 13.2 Å². The summed E-state index contributed by atoms with van der Waals surface area (Å²) in [6.07, 6.45) is 2.87. The van der Waals surface area contributed by atoms with Crippen molar-refractivity contribution in [2.24, 2.45) is 0 Å². The zero-order valence-corrected chi connectivity index (χ0v) is 15.1. The van der Waals surface area contributed by atoms with Gasteiger partial charge in [0.15, 0.2) is 0 Å². The molecule has 0 saturated carbocycles. The van der Waals surface area contributed by atoms with Crippen LogP contribution < -0.4 is 9.47 Å². The standard InChI is InChI=1S/C23H22N2O2/c1-2-6-20(7-3-1)26-16-17-27-21-12-10-19(11-13-21)14-15-25-18-24-22-8-4-5-9-23(22)25/h1-13,18H,14-17H2. The van der Waals surface area contributed by atoms with Gasteiger partial charge in [0.1, 0.15) is 24.7 Å². The molecule has 0 aliphatic heterocycles. The molecule has 1 heterocycles. The van der Waals surface area contributed by atoms with Gasteiger partial charge in [-0.2, -0.15) is 0 Å². The van der Waals surface area contributed by atoms with Gasteiger partial charge in [0.05, 0.1) is 17.4 Å². The molecule has 0 saturated heterocycles. The number of nitrogens with zero attached hydrogens (tertiary/aromatic N) is 2. The maximum atomic E-state index is 5.75. The minimum absolute atomic E-state index is 0.523. The van der Waals surface area contributed by atoms with Crippen molar-refractivity contribution >= 4 is 11.0 Å². The lowest BCUT2D eigenvalue weighted by atomic mass is 10.1. The van der Waals surface area contributed by atoms with Crippen LogP contribution in [0, 0.1) is 0 Å². The Morgan fingerprint density at radius 2 is 1.37 bits per heavy atom. The number of hydrogen-bond acceptors (Lipinski definition) is 3. The smallest absolute Gasteiger partial charge is 0.122 e. The van der Waals surface area contributed by atoms with Crippen LogP contribution in [-0.2, 0) is 13.0 Å². The van der Waals surface area contributed by atoms with Gasteiger partial charge in [-0.15, -0.1) is 0 Å². The Morgan fingerprint density at radius 1 is 0.704 bits per heavy atom. The Hall–Kier alpha value is -3.27. The largest absolute Gasteiger partial charge is 0.490 e. The highest BCUT2D eigenvalue weighted by molar-refractivity contribution is 5.74. The zero-order chi connectivity index (χ0) is 18.3. The number of benzene rings is 3. The number of aromatic nitrogens is 2. The third-order valence-corrected chi connectivity index (χ3v) is 4.46. The molecule has 0 atom stereocenters. The second kappa shape index (κ2) is 8.41. The van der Waals surface area contributed by atoms with Crippen molar-refractivity contribution in [1.29, 1.82) is 0 Å². The lowest BCUT2D eigenvalue weighted by molar-refractivity contribution is 0.217. The number of rotatable bonds is 8.